The van der Waals surface area contributed by atoms with Crippen LogP contribution in [0.25, 0.3) is 11.6 Å². The van der Waals surface area contributed by atoms with Gasteiger partial charge in [-0.15, -0.1) is 0 Å². The van der Waals surface area contributed by atoms with E-state index in [1.807, 2.05) is 42.5 Å². The molecular weight excluding hydrogens is 314 g/mol. The zero-order chi connectivity index (χ0) is 17.5. The van der Waals surface area contributed by atoms with Crippen molar-refractivity contribution in [2.24, 2.45) is 0 Å². The summed E-state index contributed by atoms with van der Waals surface area (Å²) in [6.07, 6.45) is 4.26. The molecule has 0 amide bonds. The quantitative estimate of drug-likeness (QED) is 0.607. The van der Waals surface area contributed by atoms with Gasteiger partial charge in [-0.1, -0.05) is 42.5 Å². The molecule has 1 heterocycles. The van der Waals surface area contributed by atoms with E-state index in [1.165, 1.54) is 25.9 Å². The molecule has 0 saturated carbocycles. The lowest BCUT2D eigenvalue weighted by Crippen LogP contribution is -3.10. The lowest BCUT2D eigenvalue weighted by Gasteiger charge is -2.13. The predicted octanol–water partition coefficient (Wildman–Crippen LogP) is 1.03. The van der Waals surface area contributed by atoms with Crippen molar-refractivity contribution >= 4 is 17.6 Å². The standard InChI is InChI=1S/C21H23NO3/c23-21(24)20(18-6-2-1-3-7-18)16-17-8-10-19(11-9-17)25-15-14-22-12-4-5-13-22/h1-3,6-11,16H,4-5,12-15H2,(H,23,24)/b20-16-. The molecule has 1 fully saturated rings. The number of aliphatic carboxylic acids is 1. The van der Waals surface area contributed by atoms with Crippen LogP contribution >= 0.6 is 0 Å². The van der Waals surface area contributed by atoms with Gasteiger partial charge in [-0.3, -0.25) is 0 Å². The molecule has 1 saturated heterocycles. The minimum absolute atomic E-state index is 0.173. The monoisotopic (exact) mass is 337 g/mol. The molecule has 0 aliphatic carbocycles. The van der Waals surface area contributed by atoms with Crippen LogP contribution in [0.5, 0.6) is 5.75 Å². The molecule has 3 rings (SSSR count). The van der Waals surface area contributed by atoms with E-state index in [9.17, 15) is 9.90 Å². The first-order chi connectivity index (χ1) is 12.2. The number of carbonyl (C=O) groups is 1. The molecule has 0 spiro atoms. The summed E-state index contributed by atoms with van der Waals surface area (Å²) in [5.41, 5.74) is 1.61. The lowest BCUT2D eigenvalue weighted by molar-refractivity contribution is -0.887. The highest BCUT2D eigenvalue weighted by atomic mass is 16.5. The van der Waals surface area contributed by atoms with E-state index < -0.39 is 5.97 Å². The number of rotatable bonds is 7. The third kappa shape index (κ3) is 4.94. The number of hydrogen-bond donors (Lipinski definition) is 1. The summed E-state index contributed by atoms with van der Waals surface area (Å²) in [6, 6.07) is 16.5. The lowest BCUT2D eigenvalue weighted by atomic mass is 10.0. The summed E-state index contributed by atoms with van der Waals surface area (Å²) in [4.78, 5) is 13.0. The van der Waals surface area contributed by atoms with E-state index in [2.05, 4.69) is 0 Å². The summed E-state index contributed by atoms with van der Waals surface area (Å²) in [5, 5.41) is 11.4. The molecule has 0 aromatic heterocycles. The van der Waals surface area contributed by atoms with E-state index in [0.717, 1.165) is 17.9 Å². The van der Waals surface area contributed by atoms with Crippen molar-refractivity contribution in [2.75, 3.05) is 26.2 Å². The number of carboxylic acid groups (broad SMARTS) is 1. The van der Waals surface area contributed by atoms with Crippen LogP contribution in [0.3, 0.4) is 0 Å². The van der Waals surface area contributed by atoms with Gasteiger partial charge >= 0.3 is 0 Å². The van der Waals surface area contributed by atoms with Crippen molar-refractivity contribution in [1.29, 1.82) is 0 Å². The molecule has 25 heavy (non-hydrogen) atoms. The Hall–Kier alpha value is -2.59. The number of ether oxygens (including phenoxy) is 1. The van der Waals surface area contributed by atoms with Crippen molar-refractivity contribution < 1.29 is 19.5 Å². The zero-order valence-electron chi connectivity index (χ0n) is 14.2. The van der Waals surface area contributed by atoms with Gasteiger partial charge in [-0.05, 0) is 29.3 Å². The summed E-state index contributed by atoms with van der Waals surface area (Å²) in [7, 11) is 0. The van der Waals surface area contributed by atoms with Gasteiger partial charge in [-0.25, -0.2) is 0 Å². The van der Waals surface area contributed by atoms with Crippen LogP contribution in [0.15, 0.2) is 54.6 Å². The van der Waals surface area contributed by atoms with E-state index in [-0.39, 0.29) is 5.57 Å². The van der Waals surface area contributed by atoms with Gasteiger partial charge in [0.05, 0.1) is 19.1 Å². The number of nitrogens with one attached hydrogen (secondary N) is 1. The second-order valence-corrected chi connectivity index (χ2v) is 6.34. The molecule has 0 bridgehead atoms. The van der Waals surface area contributed by atoms with Crippen molar-refractivity contribution in [3.8, 4) is 5.75 Å². The third-order valence-corrected chi connectivity index (χ3v) is 4.53. The third-order valence-electron chi connectivity index (χ3n) is 4.53. The summed E-state index contributed by atoms with van der Waals surface area (Å²) >= 11 is 0. The number of quaternary nitrogens is 1. The molecule has 1 N–H and O–H groups in total. The molecule has 130 valence electrons. The van der Waals surface area contributed by atoms with Crippen molar-refractivity contribution in [3.63, 3.8) is 0 Å². The van der Waals surface area contributed by atoms with E-state index in [4.69, 9.17) is 4.74 Å². The maximum absolute atomic E-state index is 11.4. The predicted molar refractivity (Wildman–Crippen MR) is 96.1 cm³/mol. The first kappa shape index (κ1) is 17.2. The Morgan fingerprint density at radius 1 is 1.04 bits per heavy atom. The summed E-state index contributed by atoms with van der Waals surface area (Å²) < 4.78 is 5.79. The number of carbonyl (C=O) groups excluding carboxylic acids is 1. The number of hydrogen-bond acceptors (Lipinski definition) is 3. The minimum atomic E-state index is -1.18. The second-order valence-electron chi connectivity index (χ2n) is 6.34. The first-order valence-corrected chi connectivity index (χ1v) is 8.77. The fraction of sp³-hybridized carbons (Fsp3) is 0.286. The molecule has 0 atom stereocenters. The molecule has 2 aromatic rings. The number of likely N-dealkylation sites (tertiary alicyclic amines) is 1. The molecule has 0 radical (unpaired) electrons. The van der Waals surface area contributed by atoms with Crippen LogP contribution in [0.2, 0.25) is 0 Å². The maximum atomic E-state index is 11.4. The highest BCUT2D eigenvalue weighted by Gasteiger charge is 2.14. The highest BCUT2D eigenvalue weighted by molar-refractivity contribution is 6.19. The molecule has 2 aromatic carbocycles. The topological polar surface area (TPSA) is 53.8 Å². The van der Waals surface area contributed by atoms with Crippen LogP contribution in [0, 0.1) is 0 Å². The Kier molecular flexibility index (Phi) is 5.86. The van der Waals surface area contributed by atoms with Gasteiger partial charge in [0.15, 0.2) is 0 Å². The van der Waals surface area contributed by atoms with E-state index in [0.29, 0.717) is 12.2 Å². The smallest absolute Gasteiger partial charge is 0.137 e. The van der Waals surface area contributed by atoms with Gasteiger partial charge in [0.1, 0.15) is 18.9 Å². The van der Waals surface area contributed by atoms with Crippen LogP contribution in [0.1, 0.15) is 24.0 Å². The fourth-order valence-electron chi connectivity index (χ4n) is 3.14. The van der Waals surface area contributed by atoms with E-state index >= 15 is 0 Å². The SMILES string of the molecule is O=C([O-])/C(=C\c1ccc(OCC[NH+]2CCCC2)cc1)c1ccccc1. The molecule has 1 aliphatic rings. The molecule has 0 unspecified atom stereocenters. The van der Waals surface area contributed by atoms with Crippen molar-refractivity contribution in [1.82, 2.24) is 0 Å². The normalized spacial score (nSPS) is 15.3. The summed E-state index contributed by atoms with van der Waals surface area (Å²) in [6.45, 7) is 4.24. The largest absolute Gasteiger partial charge is 0.545 e. The molecule has 1 aliphatic heterocycles. The van der Waals surface area contributed by atoms with Gasteiger partial charge in [-0.2, -0.15) is 0 Å². The van der Waals surface area contributed by atoms with Crippen LogP contribution < -0.4 is 14.7 Å². The first-order valence-electron chi connectivity index (χ1n) is 8.77. The Labute approximate surface area is 148 Å². The van der Waals surface area contributed by atoms with Crippen LogP contribution in [-0.2, 0) is 4.79 Å². The molecular formula is C21H23NO3. The van der Waals surface area contributed by atoms with Crippen LogP contribution in [-0.4, -0.2) is 32.2 Å². The average Bonchev–Trinajstić information content (AvgIpc) is 3.15. The Balaban J connectivity index is 1.63. The van der Waals surface area contributed by atoms with E-state index in [1.54, 1.807) is 23.1 Å². The number of benzene rings is 2. The molecule has 4 heteroatoms. The Bertz CT molecular complexity index is 717. The second kappa shape index (κ2) is 8.49. The maximum Gasteiger partial charge on any atom is 0.137 e. The Morgan fingerprint density at radius 2 is 1.72 bits per heavy atom. The van der Waals surface area contributed by atoms with Crippen LogP contribution in [0.4, 0.5) is 0 Å². The van der Waals surface area contributed by atoms with Gasteiger partial charge in [0.25, 0.3) is 0 Å². The minimum Gasteiger partial charge on any atom is -0.545 e. The van der Waals surface area contributed by atoms with Crippen molar-refractivity contribution in [2.45, 2.75) is 12.8 Å². The van der Waals surface area contributed by atoms with Crippen molar-refractivity contribution in [3.05, 3.63) is 65.7 Å². The highest BCUT2D eigenvalue weighted by Crippen LogP contribution is 2.19. The number of carboxylic acids is 1. The van der Waals surface area contributed by atoms with Gasteiger partial charge < -0.3 is 19.5 Å². The fourth-order valence-corrected chi connectivity index (χ4v) is 3.14. The van der Waals surface area contributed by atoms with Gasteiger partial charge in [0.2, 0.25) is 0 Å². The molecule has 4 nitrogen and oxygen atoms in total. The Morgan fingerprint density at radius 3 is 2.36 bits per heavy atom. The summed E-state index contributed by atoms with van der Waals surface area (Å²) in [5.74, 6) is -0.370. The van der Waals surface area contributed by atoms with Gasteiger partial charge in [0, 0.05) is 18.4 Å². The average molecular weight is 337 g/mol. The zero-order valence-corrected chi connectivity index (χ0v) is 14.2.